The van der Waals surface area contributed by atoms with Crippen molar-refractivity contribution in [2.24, 2.45) is 5.10 Å². The number of hydrogen-bond acceptors (Lipinski definition) is 6. The van der Waals surface area contributed by atoms with E-state index in [4.69, 9.17) is 9.47 Å². The van der Waals surface area contributed by atoms with E-state index < -0.39 is 0 Å². The molecule has 0 bridgehead atoms. The monoisotopic (exact) mass is 523 g/mol. The average Bonchev–Trinajstić information content (AvgIpc) is 3.24. The van der Waals surface area contributed by atoms with Crippen molar-refractivity contribution in [1.82, 2.24) is 4.98 Å². The fourth-order valence-corrected chi connectivity index (χ4v) is 4.56. The van der Waals surface area contributed by atoms with Crippen LogP contribution >= 0.6 is 27.3 Å². The summed E-state index contributed by atoms with van der Waals surface area (Å²) < 4.78 is 12.9. The van der Waals surface area contributed by atoms with Gasteiger partial charge in [0, 0.05) is 10.0 Å². The smallest absolute Gasteiger partial charge is 0.280 e. The number of nitrogens with zero attached hydrogens (tertiary/aromatic N) is 3. The van der Waals surface area contributed by atoms with E-state index in [1.807, 2.05) is 56.3 Å². The third kappa shape index (κ3) is 5.58. The summed E-state index contributed by atoms with van der Waals surface area (Å²) in [5.74, 6) is 1.22. The summed E-state index contributed by atoms with van der Waals surface area (Å²) in [5, 5.41) is 6.34. The SMILES string of the molecule is CCOc1ccc(/C=N/N(C(=O)c2ccc(OCC)cc2)c2nc3ccc(Br)cc3s2)cc1. The van der Waals surface area contributed by atoms with Crippen molar-refractivity contribution < 1.29 is 14.3 Å². The second-order valence-electron chi connectivity index (χ2n) is 6.93. The van der Waals surface area contributed by atoms with Crippen LogP contribution in [0.2, 0.25) is 0 Å². The number of aromatic nitrogens is 1. The fraction of sp³-hybridized carbons (Fsp3) is 0.160. The van der Waals surface area contributed by atoms with Crippen LogP contribution in [0.4, 0.5) is 5.13 Å². The Morgan fingerprint density at radius 3 is 2.27 bits per heavy atom. The van der Waals surface area contributed by atoms with Crippen molar-refractivity contribution in [3.63, 3.8) is 0 Å². The lowest BCUT2D eigenvalue weighted by Crippen LogP contribution is -2.25. The lowest BCUT2D eigenvalue weighted by molar-refractivity contribution is 0.0988. The quantitative estimate of drug-likeness (QED) is 0.194. The number of ether oxygens (including phenoxy) is 2. The highest BCUT2D eigenvalue weighted by atomic mass is 79.9. The van der Waals surface area contributed by atoms with Crippen LogP contribution in [-0.2, 0) is 0 Å². The minimum absolute atomic E-state index is 0.279. The molecule has 0 aliphatic rings. The minimum Gasteiger partial charge on any atom is -0.494 e. The van der Waals surface area contributed by atoms with E-state index in [1.54, 1.807) is 30.5 Å². The number of carbonyl (C=O) groups excluding carboxylic acids is 1. The molecule has 0 saturated carbocycles. The highest BCUT2D eigenvalue weighted by Crippen LogP contribution is 2.32. The summed E-state index contributed by atoms with van der Waals surface area (Å²) in [6, 6.07) is 20.4. The predicted molar refractivity (Wildman–Crippen MR) is 137 cm³/mol. The largest absolute Gasteiger partial charge is 0.494 e. The fourth-order valence-electron chi connectivity index (χ4n) is 3.09. The van der Waals surface area contributed by atoms with Gasteiger partial charge in [0.25, 0.3) is 5.91 Å². The van der Waals surface area contributed by atoms with E-state index in [1.165, 1.54) is 16.3 Å². The molecule has 1 amide bonds. The molecule has 0 aliphatic heterocycles. The van der Waals surface area contributed by atoms with Gasteiger partial charge in [-0.15, -0.1) is 0 Å². The van der Waals surface area contributed by atoms with Gasteiger partial charge in [-0.3, -0.25) is 4.79 Å². The second kappa shape index (κ2) is 10.6. The number of benzene rings is 3. The molecule has 3 aromatic carbocycles. The average molecular weight is 524 g/mol. The van der Waals surface area contributed by atoms with Gasteiger partial charge in [-0.1, -0.05) is 27.3 Å². The molecule has 0 atom stereocenters. The number of rotatable bonds is 8. The summed E-state index contributed by atoms with van der Waals surface area (Å²) >= 11 is 4.89. The molecule has 0 spiro atoms. The Balaban J connectivity index is 1.68. The van der Waals surface area contributed by atoms with E-state index in [-0.39, 0.29) is 5.91 Å². The molecular weight excluding hydrogens is 502 g/mol. The number of hydrogen-bond donors (Lipinski definition) is 0. The van der Waals surface area contributed by atoms with Gasteiger partial charge in [-0.2, -0.15) is 10.1 Å². The van der Waals surface area contributed by atoms with E-state index in [9.17, 15) is 4.79 Å². The molecule has 0 N–H and O–H groups in total. The molecule has 4 rings (SSSR count). The number of amides is 1. The van der Waals surface area contributed by atoms with Crippen LogP contribution in [0.3, 0.4) is 0 Å². The summed E-state index contributed by atoms with van der Waals surface area (Å²) in [6.07, 6.45) is 1.64. The molecule has 0 unspecified atom stereocenters. The maximum atomic E-state index is 13.4. The Bertz CT molecular complexity index is 1270. The zero-order valence-corrected chi connectivity index (χ0v) is 20.6. The van der Waals surface area contributed by atoms with E-state index in [0.29, 0.717) is 29.7 Å². The van der Waals surface area contributed by atoms with Gasteiger partial charge in [0.15, 0.2) is 0 Å². The number of anilines is 1. The van der Waals surface area contributed by atoms with Crippen molar-refractivity contribution >= 4 is 54.7 Å². The third-order valence-corrected chi connectivity index (χ3v) is 6.13. The van der Waals surface area contributed by atoms with Crippen LogP contribution < -0.4 is 14.5 Å². The zero-order chi connectivity index (χ0) is 23.2. The van der Waals surface area contributed by atoms with Crippen molar-refractivity contribution in [2.75, 3.05) is 18.2 Å². The van der Waals surface area contributed by atoms with Crippen LogP contribution in [-0.4, -0.2) is 30.3 Å². The molecular formula is C25H22BrN3O3S. The van der Waals surface area contributed by atoms with Gasteiger partial charge in [0.05, 0.1) is 29.6 Å². The normalized spacial score (nSPS) is 11.1. The summed E-state index contributed by atoms with van der Waals surface area (Å²) in [6.45, 7) is 5.02. The molecule has 1 heterocycles. The lowest BCUT2D eigenvalue weighted by Gasteiger charge is -2.14. The van der Waals surface area contributed by atoms with E-state index >= 15 is 0 Å². The van der Waals surface area contributed by atoms with Crippen molar-refractivity contribution in [3.05, 3.63) is 82.3 Å². The first-order chi connectivity index (χ1) is 16.1. The van der Waals surface area contributed by atoms with Gasteiger partial charge in [0.2, 0.25) is 5.13 Å². The molecule has 8 heteroatoms. The Hall–Kier alpha value is -3.23. The highest BCUT2D eigenvalue weighted by molar-refractivity contribution is 9.10. The summed E-state index contributed by atoms with van der Waals surface area (Å²) in [7, 11) is 0. The Morgan fingerprint density at radius 1 is 1.00 bits per heavy atom. The molecule has 0 fully saturated rings. The Morgan fingerprint density at radius 2 is 1.64 bits per heavy atom. The molecule has 168 valence electrons. The first-order valence-electron chi connectivity index (χ1n) is 10.5. The maximum absolute atomic E-state index is 13.4. The van der Waals surface area contributed by atoms with Crippen LogP contribution in [0.5, 0.6) is 11.5 Å². The number of fused-ring (bicyclic) bond motifs is 1. The molecule has 0 saturated heterocycles. The second-order valence-corrected chi connectivity index (χ2v) is 8.85. The van der Waals surface area contributed by atoms with Crippen molar-refractivity contribution in [3.8, 4) is 11.5 Å². The minimum atomic E-state index is -0.279. The van der Waals surface area contributed by atoms with Crippen LogP contribution in [0, 0.1) is 0 Å². The molecule has 0 aliphatic carbocycles. The highest BCUT2D eigenvalue weighted by Gasteiger charge is 2.21. The maximum Gasteiger partial charge on any atom is 0.280 e. The topological polar surface area (TPSA) is 64.0 Å². The number of hydrazone groups is 1. The molecule has 1 aromatic heterocycles. The van der Waals surface area contributed by atoms with E-state index in [0.717, 1.165) is 26.0 Å². The molecule has 6 nitrogen and oxygen atoms in total. The number of thiazole rings is 1. The molecule has 0 radical (unpaired) electrons. The zero-order valence-electron chi connectivity index (χ0n) is 18.2. The van der Waals surface area contributed by atoms with Crippen molar-refractivity contribution in [1.29, 1.82) is 0 Å². The number of carbonyl (C=O) groups is 1. The summed E-state index contributed by atoms with van der Waals surface area (Å²) in [5.41, 5.74) is 2.13. The van der Waals surface area contributed by atoms with Gasteiger partial charge >= 0.3 is 0 Å². The predicted octanol–water partition coefficient (Wildman–Crippen LogP) is 6.54. The first-order valence-corrected chi connectivity index (χ1v) is 12.1. The summed E-state index contributed by atoms with van der Waals surface area (Å²) in [4.78, 5) is 18.1. The van der Waals surface area contributed by atoms with Gasteiger partial charge in [0.1, 0.15) is 11.5 Å². The Labute approximate surface area is 204 Å². The third-order valence-electron chi connectivity index (χ3n) is 4.64. The standard InChI is InChI=1S/C25H22BrN3O3S/c1-3-31-20-10-5-17(6-11-20)16-27-29(24(30)18-7-12-21(13-8-18)32-4-2)25-28-22-14-9-19(26)15-23(22)33-25/h5-16H,3-4H2,1-2H3/b27-16+. The van der Waals surface area contributed by atoms with Gasteiger partial charge in [-0.25, -0.2) is 4.98 Å². The number of halogens is 1. The van der Waals surface area contributed by atoms with Gasteiger partial charge < -0.3 is 9.47 Å². The van der Waals surface area contributed by atoms with Crippen LogP contribution in [0.1, 0.15) is 29.8 Å². The molecule has 4 aromatic rings. The lowest BCUT2D eigenvalue weighted by atomic mass is 10.2. The van der Waals surface area contributed by atoms with Crippen LogP contribution in [0.25, 0.3) is 10.2 Å². The van der Waals surface area contributed by atoms with Gasteiger partial charge in [-0.05, 0) is 86.1 Å². The Kier molecular flexibility index (Phi) is 7.36. The first kappa shape index (κ1) is 22.9. The van der Waals surface area contributed by atoms with E-state index in [2.05, 4.69) is 26.0 Å². The van der Waals surface area contributed by atoms with Crippen LogP contribution in [0.15, 0.2) is 76.3 Å². The molecule has 33 heavy (non-hydrogen) atoms. The van der Waals surface area contributed by atoms with Crippen molar-refractivity contribution in [2.45, 2.75) is 13.8 Å².